The van der Waals surface area contributed by atoms with Gasteiger partial charge in [0.1, 0.15) is 0 Å². The van der Waals surface area contributed by atoms with Crippen LogP contribution in [0.15, 0.2) is 27.5 Å². The van der Waals surface area contributed by atoms with Crippen molar-refractivity contribution in [3.05, 3.63) is 38.2 Å². The van der Waals surface area contributed by atoms with Crippen molar-refractivity contribution in [3.8, 4) is 5.69 Å². The normalized spacial score (nSPS) is 10.6. The molecule has 78 valence electrons. The molecule has 2 aromatic rings. The molecule has 0 aliphatic carbocycles. The number of nitrogens with zero attached hydrogens (tertiary/aromatic N) is 4. The second-order valence-electron chi connectivity index (χ2n) is 2.89. The van der Waals surface area contributed by atoms with Crippen LogP contribution in [0.5, 0.6) is 0 Å². The molecule has 1 aromatic carbocycles. The van der Waals surface area contributed by atoms with Crippen LogP contribution >= 0.6 is 27.5 Å². The number of halogens is 2. The molecule has 0 spiro atoms. The van der Waals surface area contributed by atoms with Gasteiger partial charge < -0.3 is 0 Å². The Morgan fingerprint density at radius 2 is 2.13 bits per heavy atom. The predicted octanol–water partition coefficient (Wildman–Crippen LogP) is 1.38. The molecular weight excluding hydrogens is 283 g/mol. The molecule has 7 heteroatoms. The second kappa shape index (κ2) is 3.79. The van der Waals surface area contributed by atoms with Gasteiger partial charge in [0, 0.05) is 11.5 Å². The lowest BCUT2D eigenvalue weighted by Gasteiger charge is -2.01. The van der Waals surface area contributed by atoms with Gasteiger partial charge in [-0.2, -0.15) is 9.36 Å². The number of rotatable bonds is 1. The average molecular weight is 290 g/mol. The minimum absolute atomic E-state index is 0.334. The van der Waals surface area contributed by atoms with E-state index in [0.29, 0.717) is 10.7 Å². The maximum absolute atomic E-state index is 11.5. The summed E-state index contributed by atoms with van der Waals surface area (Å²) in [5.74, 6) is 0. The Morgan fingerprint density at radius 1 is 1.40 bits per heavy atom. The van der Waals surface area contributed by atoms with E-state index in [-0.39, 0.29) is 5.69 Å². The quantitative estimate of drug-likeness (QED) is 0.797. The Bertz CT molecular complexity index is 562. The summed E-state index contributed by atoms with van der Waals surface area (Å²) < 4.78 is 3.13. The van der Waals surface area contributed by atoms with Crippen LogP contribution in [0.4, 0.5) is 0 Å². The summed E-state index contributed by atoms with van der Waals surface area (Å²) in [6.45, 7) is 0. The van der Waals surface area contributed by atoms with Gasteiger partial charge in [-0.05, 0) is 28.6 Å². The van der Waals surface area contributed by atoms with Crippen LogP contribution in [0.25, 0.3) is 5.69 Å². The first-order valence-corrected chi connectivity index (χ1v) is 5.21. The fourth-order valence-electron chi connectivity index (χ4n) is 1.12. The van der Waals surface area contributed by atoms with Gasteiger partial charge in [0.2, 0.25) is 0 Å². The summed E-state index contributed by atoms with van der Waals surface area (Å²) in [6.07, 6.45) is 0. The summed E-state index contributed by atoms with van der Waals surface area (Å²) in [4.78, 5) is 11.5. The number of tetrazole rings is 1. The lowest BCUT2D eigenvalue weighted by molar-refractivity contribution is 0.693. The van der Waals surface area contributed by atoms with Crippen molar-refractivity contribution >= 4 is 27.5 Å². The minimum atomic E-state index is -0.334. The molecule has 0 saturated heterocycles. The smallest absolute Gasteiger partial charge is 0.244 e. The Labute approximate surface area is 98.4 Å². The number of benzene rings is 1. The zero-order valence-electron chi connectivity index (χ0n) is 7.69. The Balaban J connectivity index is 2.64. The van der Waals surface area contributed by atoms with Gasteiger partial charge in [0.15, 0.2) is 0 Å². The van der Waals surface area contributed by atoms with Gasteiger partial charge in [-0.3, -0.25) is 0 Å². The van der Waals surface area contributed by atoms with Gasteiger partial charge in [-0.1, -0.05) is 27.5 Å². The minimum Gasteiger partial charge on any atom is -0.244 e. The zero-order chi connectivity index (χ0) is 11.0. The summed E-state index contributed by atoms with van der Waals surface area (Å²) in [7, 11) is 1.53. The molecule has 2 rings (SSSR count). The molecule has 0 saturated carbocycles. The zero-order valence-corrected chi connectivity index (χ0v) is 10.0. The van der Waals surface area contributed by atoms with E-state index in [1.165, 1.54) is 7.05 Å². The fourth-order valence-corrected chi connectivity index (χ4v) is 1.87. The van der Waals surface area contributed by atoms with Crippen molar-refractivity contribution < 1.29 is 0 Å². The van der Waals surface area contributed by atoms with Crippen molar-refractivity contribution in [2.24, 2.45) is 7.05 Å². The van der Waals surface area contributed by atoms with Gasteiger partial charge >= 0.3 is 5.69 Å². The number of aryl methyl sites for hydroxylation is 1. The lowest BCUT2D eigenvalue weighted by Crippen LogP contribution is -2.22. The Morgan fingerprint density at radius 3 is 2.67 bits per heavy atom. The largest absolute Gasteiger partial charge is 0.368 e. The molecule has 1 heterocycles. The van der Waals surface area contributed by atoms with E-state index >= 15 is 0 Å². The highest BCUT2D eigenvalue weighted by Crippen LogP contribution is 2.22. The van der Waals surface area contributed by atoms with E-state index in [1.807, 2.05) is 0 Å². The average Bonchev–Trinajstić information content (AvgIpc) is 2.49. The van der Waals surface area contributed by atoms with Crippen molar-refractivity contribution in [2.75, 3.05) is 0 Å². The van der Waals surface area contributed by atoms with E-state index in [0.717, 1.165) is 13.8 Å². The van der Waals surface area contributed by atoms with Crippen LogP contribution in [0.2, 0.25) is 5.02 Å². The first-order chi connectivity index (χ1) is 7.09. The highest BCUT2D eigenvalue weighted by molar-refractivity contribution is 9.10. The molecule has 0 aliphatic rings. The summed E-state index contributed by atoms with van der Waals surface area (Å²) in [5, 5.41) is 7.73. The Hall–Kier alpha value is -1.14. The van der Waals surface area contributed by atoms with Crippen LogP contribution in [0.1, 0.15) is 0 Å². The molecule has 0 N–H and O–H groups in total. The van der Waals surface area contributed by atoms with E-state index in [2.05, 4.69) is 26.4 Å². The highest BCUT2D eigenvalue weighted by Gasteiger charge is 2.09. The number of hydrogen-bond acceptors (Lipinski definition) is 3. The monoisotopic (exact) mass is 288 g/mol. The molecule has 0 amide bonds. The molecule has 0 unspecified atom stereocenters. The fraction of sp³-hybridized carbons (Fsp3) is 0.125. The second-order valence-corrected chi connectivity index (χ2v) is 4.22. The van der Waals surface area contributed by atoms with Crippen LogP contribution in [0.3, 0.4) is 0 Å². The van der Waals surface area contributed by atoms with E-state index in [9.17, 15) is 4.79 Å². The van der Waals surface area contributed by atoms with Crippen LogP contribution < -0.4 is 5.69 Å². The molecule has 0 fully saturated rings. The first kappa shape index (κ1) is 10.4. The SMILES string of the molecule is Cn1nnn(-c2ccc(Br)cc2Cl)c1=O. The van der Waals surface area contributed by atoms with E-state index in [1.54, 1.807) is 18.2 Å². The molecule has 1 aromatic heterocycles. The lowest BCUT2D eigenvalue weighted by atomic mass is 10.3. The predicted molar refractivity (Wildman–Crippen MR) is 59.3 cm³/mol. The third-order valence-electron chi connectivity index (χ3n) is 1.86. The van der Waals surface area contributed by atoms with Crippen LogP contribution in [-0.4, -0.2) is 19.8 Å². The summed E-state index contributed by atoms with van der Waals surface area (Å²) in [6, 6.07) is 5.17. The topological polar surface area (TPSA) is 52.7 Å². The van der Waals surface area contributed by atoms with Crippen LogP contribution in [-0.2, 0) is 7.05 Å². The molecule has 0 atom stereocenters. The first-order valence-electron chi connectivity index (χ1n) is 4.04. The third-order valence-corrected chi connectivity index (χ3v) is 2.66. The molecular formula is C8H6BrClN4O. The van der Waals surface area contributed by atoms with E-state index in [4.69, 9.17) is 11.6 Å². The number of hydrogen-bond donors (Lipinski definition) is 0. The maximum atomic E-state index is 11.5. The van der Waals surface area contributed by atoms with Gasteiger partial charge in [0.25, 0.3) is 0 Å². The standard InChI is InChI=1S/C8H6BrClN4O/c1-13-8(15)14(12-11-13)7-3-2-5(9)4-6(7)10/h2-4H,1H3. The molecule has 0 aliphatic heterocycles. The highest BCUT2D eigenvalue weighted by atomic mass is 79.9. The summed E-state index contributed by atoms with van der Waals surface area (Å²) >= 11 is 9.26. The number of aromatic nitrogens is 4. The molecule has 0 bridgehead atoms. The van der Waals surface area contributed by atoms with Crippen molar-refractivity contribution in [1.82, 2.24) is 19.8 Å². The third kappa shape index (κ3) is 1.82. The van der Waals surface area contributed by atoms with E-state index < -0.39 is 0 Å². The van der Waals surface area contributed by atoms with Gasteiger partial charge in [-0.25, -0.2) is 4.79 Å². The Kier molecular flexibility index (Phi) is 2.62. The van der Waals surface area contributed by atoms with Gasteiger partial charge in [0.05, 0.1) is 10.7 Å². The molecule has 15 heavy (non-hydrogen) atoms. The molecule has 5 nitrogen and oxygen atoms in total. The summed E-state index contributed by atoms with van der Waals surface area (Å²) in [5.41, 5.74) is 0.178. The van der Waals surface area contributed by atoms with Crippen molar-refractivity contribution in [1.29, 1.82) is 0 Å². The van der Waals surface area contributed by atoms with Gasteiger partial charge in [-0.15, -0.1) is 0 Å². The van der Waals surface area contributed by atoms with Crippen molar-refractivity contribution in [2.45, 2.75) is 0 Å². The maximum Gasteiger partial charge on any atom is 0.368 e. The van der Waals surface area contributed by atoms with Crippen molar-refractivity contribution in [3.63, 3.8) is 0 Å². The van der Waals surface area contributed by atoms with Crippen LogP contribution in [0, 0.1) is 0 Å². The molecule has 0 radical (unpaired) electrons.